The number of benzene rings is 1. The highest BCUT2D eigenvalue weighted by Crippen LogP contribution is 2.32. The number of nitrogens with one attached hydrogen (secondary N) is 1. The van der Waals surface area contributed by atoms with Crippen LogP contribution in [0.4, 0.5) is 0 Å². The van der Waals surface area contributed by atoms with Gasteiger partial charge in [0.05, 0.1) is 0 Å². The van der Waals surface area contributed by atoms with E-state index in [2.05, 4.69) is 46.9 Å². The van der Waals surface area contributed by atoms with Crippen molar-refractivity contribution in [2.75, 3.05) is 6.54 Å². The van der Waals surface area contributed by atoms with E-state index in [-0.39, 0.29) is 0 Å². The molecule has 3 rings (SSSR count). The predicted molar refractivity (Wildman–Crippen MR) is 62.2 cm³/mol. The zero-order chi connectivity index (χ0) is 10.1. The lowest BCUT2D eigenvalue weighted by Crippen LogP contribution is -2.29. The van der Waals surface area contributed by atoms with Crippen LogP contribution in [-0.4, -0.2) is 18.9 Å². The standard InChI is InChI=1S/C13H16N2/c1-2-4-10(5-3-1)12-8-11-6-7-14-13(11)15-9-12/h1-5,9,11-14H,6-8H2. The Balaban J connectivity index is 1.82. The molecule has 2 heteroatoms. The lowest BCUT2D eigenvalue weighted by molar-refractivity contribution is 0.405. The number of nitrogens with zero attached hydrogens (tertiary/aromatic N) is 1. The van der Waals surface area contributed by atoms with Gasteiger partial charge in [-0.15, -0.1) is 0 Å². The molecule has 0 bridgehead atoms. The van der Waals surface area contributed by atoms with E-state index in [1.807, 2.05) is 0 Å². The molecular formula is C13H16N2. The fourth-order valence-corrected chi connectivity index (χ4v) is 2.67. The van der Waals surface area contributed by atoms with Crippen molar-refractivity contribution >= 4 is 6.21 Å². The minimum Gasteiger partial charge on any atom is -0.296 e. The van der Waals surface area contributed by atoms with Crippen LogP contribution in [0.25, 0.3) is 0 Å². The van der Waals surface area contributed by atoms with Gasteiger partial charge < -0.3 is 0 Å². The molecular weight excluding hydrogens is 184 g/mol. The molecule has 3 atom stereocenters. The number of fused-ring (bicyclic) bond motifs is 1. The fraction of sp³-hybridized carbons (Fsp3) is 0.462. The Morgan fingerprint density at radius 2 is 2.07 bits per heavy atom. The molecule has 0 spiro atoms. The van der Waals surface area contributed by atoms with Gasteiger partial charge in [-0.3, -0.25) is 10.3 Å². The highest BCUT2D eigenvalue weighted by atomic mass is 15.1. The molecule has 2 aliphatic heterocycles. The zero-order valence-corrected chi connectivity index (χ0v) is 8.76. The highest BCUT2D eigenvalue weighted by molar-refractivity contribution is 5.69. The summed E-state index contributed by atoms with van der Waals surface area (Å²) in [6, 6.07) is 10.7. The summed E-state index contributed by atoms with van der Waals surface area (Å²) < 4.78 is 0. The van der Waals surface area contributed by atoms with Crippen LogP contribution >= 0.6 is 0 Å². The van der Waals surface area contributed by atoms with E-state index >= 15 is 0 Å². The van der Waals surface area contributed by atoms with Gasteiger partial charge in [0.15, 0.2) is 0 Å². The van der Waals surface area contributed by atoms with Crippen molar-refractivity contribution in [2.24, 2.45) is 10.9 Å². The maximum Gasteiger partial charge on any atom is 0.102 e. The van der Waals surface area contributed by atoms with Crippen LogP contribution in [0, 0.1) is 5.92 Å². The van der Waals surface area contributed by atoms with Gasteiger partial charge in [-0.2, -0.15) is 0 Å². The quantitative estimate of drug-likeness (QED) is 0.738. The molecule has 0 saturated carbocycles. The van der Waals surface area contributed by atoms with Crippen molar-refractivity contribution < 1.29 is 0 Å². The first kappa shape index (κ1) is 9.10. The van der Waals surface area contributed by atoms with Crippen molar-refractivity contribution in [1.82, 2.24) is 5.32 Å². The Morgan fingerprint density at radius 1 is 1.20 bits per heavy atom. The summed E-state index contributed by atoms with van der Waals surface area (Å²) in [7, 11) is 0. The maximum absolute atomic E-state index is 4.61. The molecule has 0 radical (unpaired) electrons. The van der Waals surface area contributed by atoms with Gasteiger partial charge in [-0.25, -0.2) is 0 Å². The topological polar surface area (TPSA) is 24.4 Å². The Labute approximate surface area is 90.4 Å². The first-order valence-corrected chi connectivity index (χ1v) is 5.75. The number of hydrogen-bond donors (Lipinski definition) is 1. The van der Waals surface area contributed by atoms with Gasteiger partial charge in [-0.1, -0.05) is 30.3 Å². The molecule has 1 fully saturated rings. The van der Waals surface area contributed by atoms with E-state index in [0.717, 1.165) is 12.5 Å². The predicted octanol–water partition coefficient (Wildman–Crippen LogP) is 2.18. The minimum atomic E-state index is 0.407. The molecule has 0 aliphatic carbocycles. The van der Waals surface area contributed by atoms with Gasteiger partial charge >= 0.3 is 0 Å². The first-order valence-electron chi connectivity index (χ1n) is 5.75. The second-order valence-electron chi connectivity index (χ2n) is 4.50. The molecule has 1 aromatic carbocycles. The highest BCUT2D eigenvalue weighted by Gasteiger charge is 2.31. The molecule has 2 heterocycles. The molecule has 0 aromatic heterocycles. The third-order valence-electron chi connectivity index (χ3n) is 3.53. The summed E-state index contributed by atoms with van der Waals surface area (Å²) in [4.78, 5) is 4.61. The monoisotopic (exact) mass is 200 g/mol. The Morgan fingerprint density at radius 3 is 2.93 bits per heavy atom. The van der Waals surface area contributed by atoms with Crippen LogP contribution in [0.2, 0.25) is 0 Å². The van der Waals surface area contributed by atoms with Crippen LogP contribution in [0.1, 0.15) is 24.3 Å². The van der Waals surface area contributed by atoms with Crippen molar-refractivity contribution in [2.45, 2.75) is 24.9 Å². The Hall–Kier alpha value is -1.15. The summed E-state index contributed by atoms with van der Waals surface area (Å²) in [5.74, 6) is 1.28. The van der Waals surface area contributed by atoms with Crippen LogP contribution in [0.5, 0.6) is 0 Å². The Bertz CT molecular complexity index is 358. The number of aliphatic imine (C=N–C) groups is 1. The summed E-state index contributed by atoms with van der Waals surface area (Å²) >= 11 is 0. The van der Waals surface area contributed by atoms with Crippen LogP contribution in [0.3, 0.4) is 0 Å². The molecule has 78 valence electrons. The van der Waals surface area contributed by atoms with Crippen LogP contribution in [-0.2, 0) is 0 Å². The van der Waals surface area contributed by atoms with Crippen molar-refractivity contribution in [3.63, 3.8) is 0 Å². The van der Waals surface area contributed by atoms with Crippen molar-refractivity contribution in [3.8, 4) is 0 Å². The second-order valence-corrected chi connectivity index (χ2v) is 4.50. The number of hydrogen-bond acceptors (Lipinski definition) is 2. The molecule has 2 nitrogen and oxygen atoms in total. The molecule has 0 amide bonds. The van der Waals surface area contributed by atoms with E-state index in [9.17, 15) is 0 Å². The van der Waals surface area contributed by atoms with Gasteiger partial charge in [0.25, 0.3) is 0 Å². The Kier molecular flexibility index (Phi) is 2.29. The van der Waals surface area contributed by atoms with Gasteiger partial charge in [0, 0.05) is 12.1 Å². The molecule has 15 heavy (non-hydrogen) atoms. The second kappa shape index (κ2) is 3.78. The first-order chi connectivity index (χ1) is 7.43. The molecule has 1 saturated heterocycles. The van der Waals surface area contributed by atoms with Gasteiger partial charge in [0.1, 0.15) is 6.17 Å². The van der Waals surface area contributed by atoms with E-state index < -0.39 is 0 Å². The molecule has 1 N–H and O–H groups in total. The van der Waals surface area contributed by atoms with Gasteiger partial charge in [-0.05, 0) is 30.9 Å². The van der Waals surface area contributed by atoms with Crippen LogP contribution in [0.15, 0.2) is 35.3 Å². The van der Waals surface area contributed by atoms with E-state index in [0.29, 0.717) is 12.1 Å². The van der Waals surface area contributed by atoms with E-state index in [4.69, 9.17) is 0 Å². The van der Waals surface area contributed by atoms with Crippen molar-refractivity contribution in [3.05, 3.63) is 35.9 Å². The third-order valence-corrected chi connectivity index (χ3v) is 3.53. The largest absolute Gasteiger partial charge is 0.296 e. The SMILES string of the molecule is C1=NC2NCCC2CC1c1ccccc1. The van der Waals surface area contributed by atoms with Crippen molar-refractivity contribution in [1.29, 1.82) is 0 Å². The van der Waals surface area contributed by atoms with E-state index in [1.54, 1.807) is 0 Å². The normalized spacial score (nSPS) is 34.0. The van der Waals surface area contributed by atoms with E-state index in [1.165, 1.54) is 18.4 Å². The minimum absolute atomic E-state index is 0.407. The smallest absolute Gasteiger partial charge is 0.102 e. The average molecular weight is 200 g/mol. The lowest BCUT2D eigenvalue weighted by atomic mass is 9.86. The summed E-state index contributed by atoms with van der Waals surface area (Å²) in [6.07, 6.45) is 5.08. The maximum atomic E-state index is 4.61. The molecule has 2 aliphatic rings. The summed E-state index contributed by atoms with van der Waals surface area (Å²) in [5.41, 5.74) is 1.41. The zero-order valence-electron chi connectivity index (χ0n) is 8.76. The summed E-state index contributed by atoms with van der Waals surface area (Å²) in [6.45, 7) is 1.13. The molecule has 3 unspecified atom stereocenters. The third kappa shape index (κ3) is 1.70. The van der Waals surface area contributed by atoms with Gasteiger partial charge in [0.2, 0.25) is 0 Å². The summed E-state index contributed by atoms with van der Waals surface area (Å²) in [5, 5.41) is 3.43. The number of rotatable bonds is 1. The fourth-order valence-electron chi connectivity index (χ4n) is 2.67. The van der Waals surface area contributed by atoms with Crippen LogP contribution < -0.4 is 5.32 Å². The molecule has 1 aromatic rings. The lowest BCUT2D eigenvalue weighted by Gasteiger charge is -2.25. The average Bonchev–Trinajstić information content (AvgIpc) is 2.77.